The first-order chi connectivity index (χ1) is 19.2. The van der Waals surface area contributed by atoms with Crippen molar-refractivity contribution in [2.45, 2.75) is 102 Å². The van der Waals surface area contributed by atoms with Gasteiger partial charge in [-0.15, -0.1) is 10.2 Å². The molecule has 1 saturated carbocycles. The zero-order valence-corrected chi connectivity index (χ0v) is 25.0. The van der Waals surface area contributed by atoms with Gasteiger partial charge >= 0.3 is 0 Å². The maximum Gasteiger partial charge on any atom is 0.286 e. The molecule has 0 unspecified atom stereocenters. The van der Waals surface area contributed by atoms with Gasteiger partial charge in [-0.3, -0.25) is 19.3 Å². The molecule has 2 aromatic rings. The van der Waals surface area contributed by atoms with Gasteiger partial charge in [0.25, 0.3) is 17.0 Å². The van der Waals surface area contributed by atoms with Crippen LogP contribution in [0.15, 0.2) is 33.9 Å². The van der Waals surface area contributed by atoms with Crippen LogP contribution in [0.4, 0.5) is 0 Å². The highest BCUT2D eigenvalue weighted by Crippen LogP contribution is 2.27. The van der Waals surface area contributed by atoms with Crippen LogP contribution >= 0.6 is 11.8 Å². The summed E-state index contributed by atoms with van der Waals surface area (Å²) in [7, 11) is 0. The molecule has 218 valence electrons. The summed E-state index contributed by atoms with van der Waals surface area (Å²) < 4.78 is 5.59. The molecule has 10 heteroatoms. The molecule has 3 atom stereocenters. The number of carbonyl (C=O) groups excluding carboxylic acids is 3. The second kappa shape index (κ2) is 14.3. The highest BCUT2D eigenvalue weighted by atomic mass is 32.2. The van der Waals surface area contributed by atoms with Crippen molar-refractivity contribution in [1.29, 1.82) is 0 Å². The van der Waals surface area contributed by atoms with E-state index < -0.39 is 12.0 Å². The van der Waals surface area contributed by atoms with E-state index in [1.54, 1.807) is 0 Å². The number of benzene rings is 1. The normalized spacial score (nSPS) is 20.6. The quantitative estimate of drug-likeness (QED) is 0.275. The van der Waals surface area contributed by atoms with Crippen LogP contribution in [-0.4, -0.2) is 63.1 Å². The van der Waals surface area contributed by atoms with Gasteiger partial charge < -0.3 is 15.1 Å². The molecule has 4 rings (SSSR count). The number of likely N-dealkylation sites (tertiary alicyclic amines) is 1. The summed E-state index contributed by atoms with van der Waals surface area (Å²) in [5.74, 6) is -1.11. The van der Waals surface area contributed by atoms with Gasteiger partial charge in [-0.2, -0.15) is 0 Å². The van der Waals surface area contributed by atoms with Crippen LogP contribution in [0.3, 0.4) is 0 Å². The third kappa shape index (κ3) is 8.39. The Labute approximate surface area is 241 Å². The summed E-state index contributed by atoms with van der Waals surface area (Å²) in [6, 6.07) is 6.70. The van der Waals surface area contributed by atoms with E-state index in [1.165, 1.54) is 30.2 Å². The monoisotopic (exact) mass is 569 g/mol. The number of thioether (sulfide) groups is 1. The fraction of sp³-hybridized carbons (Fsp3) is 0.633. The van der Waals surface area contributed by atoms with Gasteiger partial charge in [0.2, 0.25) is 11.7 Å². The Bertz CT molecular complexity index is 1140. The molecule has 2 aliphatic rings. The van der Waals surface area contributed by atoms with Crippen molar-refractivity contribution >= 4 is 29.4 Å². The number of rotatable bonds is 12. The Morgan fingerprint density at radius 3 is 2.38 bits per heavy atom. The number of nitrogens with zero attached hydrogens (tertiary/aromatic N) is 3. The van der Waals surface area contributed by atoms with Crippen LogP contribution in [0.1, 0.15) is 99.2 Å². The van der Waals surface area contributed by atoms with Crippen LogP contribution in [0, 0.1) is 11.8 Å². The van der Waals surface area contributed by atoms with Gasteiger partial charge in [0, 0.05) is 23.4 Å². The van der Waals surface area contributed by atoms with E-state index in [4.69, 9.17) is 4.42 Å². The Balaban J connectivity index is 1.39. The summed E-state index contributed by atoms with van der Waals surface area (Å²) in [6.45, 7) is 11.2. The van der Waals surface area contributed by atoms with Crippen molar-refractivity contribution in [3.05, 3.63) is 41.3 Å². The van der Waals surface area contributed by atoms with Crippen LogP contribution in [0.2, 0.25) is 0 Å². The van der Waals surface area contributed by atoms with Gasteiger partial charge in [-0.1, -0.05) is 64.4 Å². The molecule has 2 amide bonds. The fourth-order valence-corrected chi connectivity index (χ4v) is 6.14. The number of hydrogen-bond donors (Lipinski definition) is 2. The topological polar surface area (TPSA) is 117 Å². The molecule has 9 nitrogen and oxygen atoms in total. The smallest absolute Gasteiger partial charge is 0.286 e. The summed E-state index contributed by atoms with van der Waals surface area (Å²) in [5, 5.41) is 14.6. The summed E-state index contributed by atoms with van der Waals surface area (Å²) in [4.78, 5) is 42.4. The van der Waals surface area contributed by atoms with Crippen molar-refractivity contribution in [1.82, 2.24) is 25.7 Å². The number of Topliss-reactive ketones (excluding diaryl/α,β-unsaturated/α-hetero) is 1. The molecule has 0 bridgehead atoms. The average Bonchev–Trinajstić information content (AvgIpc) is 3.60. The molecule has 2 N–H and O–H groups in total. The summed E-state index contributed by atoms with van der Waals surface area (Å²) in [6.07, 6.45) is 6.17. The van der Waals surface area contributed by atoms with Gasteiger partial charge in [-0.25, -0.2) is 0 Å². The van der Waals surface area contributed by atoms with E-state index in [0.717, 1.165) is 38.9 Å². The molecule has 1 aromatic heterocycles. The van der Waals surface area contributed by atoms with E-state index in [-0.39, 0.29) is 40.7 Å². The van der Waals surface area contributed by atoms with Gasteiger partial charge in [0.05, 0.1) is 12.0 Å². The first-order valence-corrected chi connectivity index (χ1v) is 15.5. The zero-order chi connectivity index (χ0) is 28.6. The lowest BCUT2D eigenvalue weighted by Gasteiger charge is -2.32. The zero-order valence-electron chi connectivity index (χ0n) is 24.2. The minimum atomic E-state index is -0.772. The number of amides is 2. The molecule has 0 spiro atoms. The van der Waals surface area contributed by atoms with Crippen molar-refractivity contribution < 1.29 is 18.8 Å². The number of aromatic nitrogens is 2. The van der Waals surface area contributed by atoms with Gasteiger partial charge in [0.15, 0.2) is 0 Å². The average molecular weight is 570 g/mol. The Morgan fingerprint density at radius 2 is 1.70 bits per heavy atom. The van der Waals surface area contributed by atoms with Crippen molar-refractivity contribution in [3.63, 3.8) is 0 Å². The maximum atomic E-state index is 13.5. The first-order valence-electron chi connectivity index (χ1n) is 14.7. The van der Waals surface area contributed by atoms with E-state index in [2.05, 4.69) is 25.7 Å². The van der Waals surface area contributed by atoms with E-state index >= 15 is 0 Å². The summed E-state index contributed by atoms with van der Waals surface area (Å²) in [5.41, 5.74) is 1.79. The first kappa shape index (κ1) is 30.2. The lowest BCUT2D eigenvalue weighted by molar-refractivity contribution is -0.127. The van der Waals surface area contributed by atoms with Crippen molar-refractivity contribution in [2.75, 3.05) is 13.1 Å². The van der Waals surface area contributed by atoms with E-state index in [1.807, 2.05) is 52.0 Å². The standard InChI is InChI=1S/C30H43N5O4S/c1-19(2)17-25(26(36)29-33-34-30(39-29)40-20(3)4)32-28(38)23-9-5-6-10-24(23)31-27(37)22-13-11-21(12-14-22)18-35-15-7-8-16-35/h11-14,19-20,23-25H,5-10,15-18H2,1-4H3,(H,31,37)(H,32,38)/t23-,24+,25+/m1/s1. The molecule has 0 radical (unpaired) electrons. The van der Waals surface area contributed by atoms with E-state index in [9.17, 15) is 14.4 Å². The lowest BCUT2D eigenvalue weighted by atomic mass is 9.83. The third-order valence-electron chi connectivity index (χ3n) is 7.53. The van der Waals surface area contributed by atoms with Crippen LogP contribution in [0.25, 0.3) is 0 Å². The summed E-state index contributed by atoms with van der Waals surface area (Å²) >= 11 is 1.39. The van der Waals surface area contributed by atoms with Gasteiger partial charge in [0.1, 0.15) is 0 Å². The predicted molar refractivity (Wildman–Crippen MR) is 155 cm³/mol. The third-order valence-corrected chi connectivity index (χ3v) is 8.37. The molecule has 2 heterocycles. The second-order valence-electron chi connectivity index (χ2n) is 11.7. The Hall–Kier alpha value is -2.72. The molecule has 1 saturated heterocycles. The number of hydrogen-bond acceptors (Lipinski definition) is 8. The van der Waals surface area contributed by atoms with Crippen molar-refractivity contribution in [3.8, 4) is 0 Å². The molecule has 2 fully saturated rings. The van der Waals surface area contributed by atoms with Gasteiger partial charge in [-0.05, 0) is 68.8 Å². The molecular weight excluding hydrogens is 526 g/mol. The highest BCUT2D eigenvalue weighted by molar-refractivity contribution is 7.99. The molecule has 40 heavy (non-hydrogen) atoms. The Morgan fingerprint density at radius 1 is 1.00 bits per heavy atom. The number of ketones is 1. The molecule has 1 aromatic carbocycles. The largest absolute Gasteiger partial charge is 0.408 e. The van der Waals surface area contributed by atoms with Crippen molar-refractivity contribution in [2.24, 2.45) is 11.8 Å². The highest BCUT2D eigenvalue weighted by Gasteiger charge is 2.35. The molecule has 1 aliphatic heterocycles. The van der Waals surface area contributed by atoms with E-state index in [0.29, 0.717) is 23.6 Å². The lowest BCUT2D eigenvalue weighted by Crippen LogP contribution is -2.52. The fourth-order valence-electron chi connectivity index (χ4n) is 5.52. The Kier molecular flexibility index (Phi) is 10.8. The SMILES string of the molecule is CC(C)C[C@H](NC(=O)[C@@H]1CCCC[C@@H]1NC(=O)c1ccc(CN2CCCC2)cc1)C(=O)c1nnc(SC(C)C)o1. The predicted octanol–water partition coefficient (Wildman–Crippen LogP) is 4.87. The van der Waals surface area contributed by atoms with Crippen LogP contribution in [-0.2, 0) is 11.3 Å². The molecule has 1 aliphatic carbocycles. The maximum absolute atomic E-state index is 13.5. The second-order valence-corrected chi connectivity index (χ2v) is 13.3. The molecular formula is C30H43N5O4S. The minimum Gasteiger partial charge on any atom is -0.408 e. The van der Waals surface area contributed by atoms with Crippen LogP contribution in [0.5, 0.6) is 0 Å². The number of carbonyl (C=O) groups is 3. The number of nitrogens with one attached hydrogen (secondary N) is 2. The van der Waals surface area contributed by atoms with Crippen LogP contribution < -0.4 is 10.6 Å². The minimum absolute atomic E-state index is 0.0872.